The lowest BCUT2D eigenvalue weighted by atomic mass is 9.99. The van der Waals surface area contributed by atoms with Crippen molar-refractivity contribution in [3.05, 3.63) is 24.0 Å². The van der Waals surface area contributed by atoms with Crippen LogP contribution in [0.25, 0.3) is 0 Å². The van der Waals surface area contributed by atoms with Gasteiger partial charge in [0.2, 0.25) is 0 Å². The summed E-state index contributed by atoms with van der Waals surface area (Å²) in [6.45, 7) is 2.20. The Labute approximate surface area is 96.5 Å². The highest BCUT2D eigenvalue weighted by Gasteiger charge is 2.21. The standard InChI is InChI=1S/C13H17N3/c1-10(11-5-2-3-6-11)16-12-7-4-8-15-13(12)9-14/h4,7-8,10-11,16H,2-3,5-6H2,1H3. The topological polar surface area (TPSA) is 48.7 Å². The van der Waals surface area contributed by atoms with Crippen LogP contribution in [0, 0.1) is 17.2 Å². The van der Waals surface area contributed by atoms with Crippen molar-refractivity contribution in [1.82, 2.24) is 4.98 Å². The molecule has 0 spiro atoms. The Balaban J connectivity index is 2.05. The third kappa shape index (κ3) is 2.33. The highest BCUT2D eigenvalue weighted by molar-refractivity contribution is 5.53. The number of rotatable bonds is 3. The van der Waals surface area contributed by atoms with E-state index in [4.69, 9.17) is 5.26 Å². The quantitative estimate of drug-likeness (QED) is 0.843. The molecule has 0 bridgehead atoms. The van der Waals surface area contributed by atoms with Crippen LogP contribution in [0.4, 0.5) is 5.69 Å². The van der Waals surface area contributed by atoms with Gasteiger partial charge in [0.15, 0.2) is 5.69 Å². The number of hydrogen-bond acceptors (Lipinski definition) is 3. The fraction of sp³-hybridized carbons (Fsp3) is 0.538. The Morgan fingerprint density at radius 1 is 1.50 bits per heavy atom. The van der Waals surface area contributed by atoms with E-state index < -0.39 is 0 Å². The summed E-state index contributed by atoms with van der Waals surface area (Å²) in [6.07, 6.45) is 6.94. The van der Waals surface area contributed by atoms with Crippen LogP contribution in [0.2, 0.25) is 0 Å². The van der Waals surface area contributed by atoms with Gasteiger partial charge in [-0.2, -0.15) is 5.26 Å². The molecule has 0 aromatic carbocycles. The Bertz CT molecular complexity index is 388. The molecule has 1 atom stereocenters. The van der Waals surface area contributed by atoms with E-state index in [-0.39, 0.29) is 0 Å². The van der Waals surface area contributed by atoms with E-state index in [1.807, 2.05) is 12.1 Å². The summed E-state index contributed by atoms with van der Waals surface area (Å²) >= 11 is 0. The Morgan fingerprint density at radius 2 is 2.25 bits per heavy atom. The molecule has 16 heavy (non-hydrogen) atoms. The number of aromatic nitrogens is 1. The van der Waals surface area contributed by atoms with Crippen LogP contribution in [-0.4, -0.2) is 11.0 Å². The van der Waals surface area contributed by atoms with Gasteiger partial charge in [-0.05, 0) is 37.8 Å². The second-order valence-electron chi connectivity index (χ2n) is 4.49. The maximum absolute atomic E-state index is 8.94. The molecule has 0 aliphatic heterocycles. The monoisotopic (exact) mass is 215 g/mol. The number of nitrogens with zero attached hydrogens (tertiary/aromatic N) is 2. The molecule has 3 nitrogen and oxygen atoms in total. The summed E-state index contributed by atoms with van der Waals surface area (Å²) in [6, 6.07) is 6.34. The van der Waals surface area contributed by atoms with E-state index in [0.29, 0.717) is 11.7 Å². The van der Waals surface area contributed by atoms with Gasteiger partial charge in [-0.25, -0.2) is 4.98 Å². The second kappa shape index (κ2) is 4.98. The summed E-state index contributed by atoms with van der Waals surface area (Å²) in [4.78, 5) is 4.05. The minimum absolute atomic E-state index is 0.429. The molecule has 1 N–H and O–H groups in total. The first kappa shape index (κ1) is 10.9. The summed E-state index contributed by atoms with van der Waals surface area (Å²) in [5, 5.41) is 12.4. The van der Waals surface area contributed by atoms with E-state index >= 15 is 0 Å². The van der Waals surface area contributed by atoms with Gasteiger partial charge in [0.25, 0.3) is 0 Å². The van der Waals surface area contributed by atoms with Gasteiger partial charge in [0, 0.05) is 12.2 Å². The lowest BCUT2D eigenvalue weighted by Gasteiger charge is -2.21. The van der Waals surface area contributed by atoms with Gasteiger partial charge in [0.1, 0.15) is 6.07 Å². The third-order valence-corrected chi connectivity index (χ3v) is 3.40. The SMILES string of the molecule is CC(Nc1cccnc1C#N)C1CCCC1. The molecular formula is C13H17N3. The Morgan fingerprint density at radius 3 is 2.94 bits per heavy atom. The molecule has 1 aliphatic carbocycles. The van der Waals surface area contributed by atoms with Crippen molar-refractivity contribution < 1.29 is 0 Å². The molecule has 0 radical (unpaired) electrons. The zero-order valence-electron chi connectivity index (χ0n) is 9.61. The molecule has 1 fully saturated rings. The summed E-state index contributed by atoms with van der Waals surface area (Å²) < 4.78 is 0. The minimum atomic E-state index is 0.429. The van der Waals surface area contributed by atoms with Gasteiger partial charge in [-0.15, -0.1) is 0 Å². The van der Waals surface area contributed by atoms with E-state index in [2.05, 4.69) is 23.3 Å². The Hall–Kier alpha value is -1.56. The van der Waals surface area contributed by atoms with E-state index in [9.17, 15) is 0 Å². The number of nitrogens with one attached hydrogen (secondary N) is 1. The van der Waals surface area contributed by atoms with Gasteiger partial charge >= 0.3 is 0 Å². The molecular weight excluding hydrogens is 198 g/mol. The van der Waals surface area contributed by atoms with Gasteiger partial charge in [-0.3, -0.25) is 0 Å². The highest BCUT2D eigenvalue weighted by atomic mass is 14.9. The largest absolute Gasteiger partial charge is 0.380 e. The molecule has 2 rings (SSSR count). The maximum atomic E-state index is 8.94. The van der Waals surface area contributed by atoms with Crippen LogP contribution in [0.5, 0.6) is 0 Å². The second-order valence-corrected chi connectivity index (χ2v) is 4.49. The van der Waals surface area contributed by atoms with Crippen molar-refractivity contribution in [1.29, 1.82) is 5.26 Å². The normalized spacial score (nSPS) is 18.0. The minimum Gasteiger partial charge on any atom is -0.380 e. The van der Waals surface area contributed by atoms with Crippen molar-refractivity contribution >= 4 is 5.69 Å². The van der Waals surface area contributed by atoms with Crippen molar-refractivity contribution in [3.8, 4) is 6.07 Å². The number of hydrogen-bond donors (Lipinski definition) is 1. The summed E-state index contributed by atoms with van der Waals surface area (Å²) in [5.41, 5.74) is 1.36. The summed E-state index contributed by atoms with van der Waals surface area (Å²) in [7, 11) is 0. The molecule has 3 heteroatoms. The van der Waals surface area contributed by atoms with Crippen molar-refractivity contribution in [2.75, 3.05) is 5.32 Å². The van der Waals surface area contributed by atoms with Crippen molar-refractivity contribution in [2.45, 2.75) is 38.6 Å². The average molecular weight is 215 g/mol. The van der Waals surface area contributed by atoms with Gasteiger partial charge in [0.05, 0.1) is 5.69 Å². The predicted molar refractivity (Wildman–Crippen MR) is 64.0 cm³/mol. The molecule has 1 unspecified atom stereocenters. The van der Waals surface area contributed by atoms with Crippen LogP contribution in [0.3, 0.4) is 0 Å². The van der Waals surface area contributed by atoms with Gasteiger partial charge < -0.3 is 5.32 Å². The molecule has 0 amide bonds. The first-order chi connectivity index (χ1) is 7.81. The number of pyridine rings is 1. The number of nitriles is 1. The Kier molecular flexibility index (Phi) is 3.40. The lowest BCUT2D eigenvalue weighted by molar-refractivity contribution is 0.482. The van der Waals surface area contributed by atoms with Crippen molar-refractivity contribution in [3.63, 3.8) is 0 Å². The zero-order chi connectivity index (χ0) is 11.4. The first-order valence-corrected chi connectivity index (χ1v) is 5.93. The molecule has 84 valence electrons. The van der Waals surface area contributed by atoms with Crippen LogP contribution in [0.1, 0.15) is 38.3 Å². The molecule has 1 saturated carbocycles. The molecule has 1 aromatic rings. The van der Waals surface area contributed by atoms with Crippen LogP contribution < -0.4 is 5.32 Å². The van der Waals surface area contributed by atoms with E-state index in [1.54, 1.807) is 6.20 Å². The first-order valence-electron chi connectivity index (χ1n) is 5.93. The zero-order valence-corrected chi connectivity index (χ0v) is 9.61. The molecule has 1 aromatic heterocycles. The lowest BCUT2D eigenvalue weighted by Crippen LogP contribution is -2.24. The molecule has 1 aliphatic rings. The van der Waals surface area contributed by atoms with Crippen LogP contribution >= 0.6 is 0 Å². The third-order valence-electron chi connectivity index (χ3n) is 3.40. The fourth-order valence-electron chi connectivity index (χ4n) is 2.43. The van der Waals surface area contributed by atoms with Crippen molar-refractivity contribution in [2.24, 2.45) is 5.92 Å². The van der Waals surface area contributed by atoms with Crippen LogP contribution in [-0.2, 0) is 0 Å². The fourth-order valence-corrected chi connectivity index (χ4v) is 2.43. The van der Waals surface area contributed by atoms with Gasteiger partial charge in [-0.1, -0.05) is 12.8 Å². The van der Waals surface area contributed by atoms with Crippen LogP contribution in [0.15, 0.2) is 18.3 Å². The maximum Gasteiger partial charge on any atom is 0.163 e. The molecule has 1 heterocycles. The smallest absolute Gasteiger partial charge is 0.163 e. The average Bonchev–Trinajstić information content (AvgIpc) is 2.83. The molecule has 0 saturated heterocycles. The predicted octanol–water partition coefficient (Wildman–Crippen LogP) is 2.94. The van der Waals surface area contributed by atoms with E-state index in [1.165, 1.54) is 25.7 Å². The highest BCUT2D eigenvalue weighted by Crippen LogP contribution is 2.29. The van der Waals surface area contributed by atoms with E-state index in [0.717, 1.165) is 11.6 Å². The summed E-state index contributed by atoms with van der Waals surface area (Å²) in [5.74, 6) is 0.742. The number of anilines is 1.